The SMILES string of the molecule is CCOC(=O)[C@@H]1c2ccccc2N[C@@H]1c1ccccc1. The minimum Gasteiger partial charge on any atom is -0.465 e. The van der Waals surface area contributed by atoms with Gasteiger partial charge in [-0.2, -0.15) is 0 Å². The van der Waals surface area contributed by atoms with Crippen LogP contribution in [0.5, 0.6) is 0 Å². The maximum absolute atomic E-state index is 12.3. The van der Waals surface area contributed by atoms with Crippen LogP contribution < -0.4 is 5.32 Å². The predicted octanol–water partition coefficient (Wildman–Crippen LogP) is 3.50. The van der Waals surface area contributed by atoms with Gasteiger partial charge >= 0.3 is 5.97 Å². The summed E-state index contributed by atoms with van der Waals surface area (Å²) in [7, 11) is 0. The number of ether oxygens (including phenoxy) is 1. The molecule has 0 aliphatic carbocycles. The molecule has 3 rings (SSSR count). The van der Waals surface area contributed by atoms with Crippen molar-refractivity contribution < 1.29 is 9.53 Å². The van der Waals surface area contributed by atoms with Gasteiger partial charge in [0.25, 0.3) is 0 Å². The molecule has 0 amide bonds. The van der Waals surface area contributed by atoms with Crippen molar-refractivity contribution in [2.45, 2.75) is 18.9 Å². The number of benzene rings is 2. The molecule has 2 atom stereocenters. The molecule has 102 valence electrons. The third-order valence-corrected chi connectivity index (χ3v) is 3.64. The summed E-state index contributed by atoms with van der Waals surface area (Å²) < 4.78 is 5.26. The number of anilines is 1. The Morgan fingerprint density at radius 2 is 1.80 bits per heavy atom. The van der Waals surface area contributed by atoms with Crippen molar-refractivity contribution in [3.8, 4) is 0 Å². The molecule has 0 spiro atoms. The van der Waals surface area contributed by atoms with Crippen molar-refractivity contribution in [2.24, 2.45) is 0 Å². The molecule has 0 bridgehead atoms. The first-order chi connectivity index (χ1) is 9.81. The van der Waals surface area contributed by atoms with Crippen LogP contribution in [0.2, 0.25) is 0 Å². The number of esters is 1. The highest BCUT2D eigenvalue weighted by atomic mass is 16.5. The Balaban J connectivity index is 2.01. The van der Waals surface area contributed by atoms with Gasteiger partial charge in [0, 0.05) is 5.69 Å². The van der Waals surface area contributed by atoms with Crippen molar-refractivity contribution in [3.05, 3.63) is 65.7 Å². The van der Waals surface area contributed by atoms with E-state index in [0.717, 1.165) is 16.8 Å². The van der Waals surface area contributed by atoms with Gasteiger partial charge in [-0.05, 0) is 24.1 Å². The number of carbonyl (C=O) groups is 1. The number of hydrogen-bond donors (Lipinski definition) is 1. The Hall–Kier alpha value is -2.29. The van der Waals surface area contributed by atoms with Gasteiger partial charge in [-0.1, -0.05) is 48.5 Å². The third-order valence-electron chi connectivity index (χ3n) is 3.64. The summed E-state index contributed by atoms with van der Waals surface area (Å²) in [5, 5.41) is 3.44. The van der Waals surface area contributed by atoms with Crippen molar-refractivity contribution in [1.82, 2.24) is 0 Å². The number of para-hydroxylation sites is 1. The molecule has 3 nitrogen and oxygen atoms in total. The van der Waals surface area contributed by atoms with Crippen LogP contribution in [0.25, 0.3) is 0 Å². The Morgan fingerprint density at radius 1 is 1.10 bits per heavy atom. The smallest absolute Gasteiger partial charge is 0.315 e. The van der Waals surface area contributed by atoms with Crippen molar-refractivity contribution >= 4 is 11.7 Å². The van der Waals surface area contributed by atoms with E-state index in [-0.39, 0.29) is 17.9 Å². The first-order valence-corrected chi connectivity index (χ1v) is 6.88. The second-order valence-corrected chi connectivity index (χ2v) is 4.85. The molecule has 1 N–H and O–H groups in total. The molecule has 0 aromatic heterocycles. The zero-order chi connectivity index (χ0) is 13.9. The lowest BCUT2D eigenvalue weighted by Crippen LogP contribution is -2.21. The topological polar surface area (TPSA) is 38.3 Å². The van der Waals surface area contributed by atoms with E-state index in [1.54, 1.807) is 0 Å². The summed E-state index contributed by atoms with van der Waals surface area (Å²) in [6, 6.07) is 17.9. The number of hydrogen-bond acceptors (Lipinski definition) is 3. The lowest BCUT2D eigenvalue weighted by Gasteiger charge is -2.19. The highest BCUT2D eigenvalue weighted by Gasteiger charge is 2.38. The van der Waals surface area contributed by atoms with Crippen LogP contribution in [-0.4, -0.2) is 12.6 Å². The maximum atomic E-state index is 12.3. The zero-order valence-electron chi connectivity index (χ0n) is 11.4. The lowest BCUT2D eigenvalue weighted by atomic mass is 9.90. The molecule has 1 heterocycles. The predicted molar refractivity (Wildman–Crippen MR) is 78.6 cm³/mol. The van der Waals surface area contributed by atoms with Gasteiger partial charge in [0.05, 0.1) is 12.6 Å². The van der Waals surface area contributed by atoms with Gasteiger partial charge in [0.15, 0.2) is 0 Å². The van der Waals surface area contributed by atoms with Crippen LogP contribution in [-0.2, 0) is 9.53 Å². The summed E-state index contributed by atoms with van der Waals surface area (Å²) >= 11 is 0. The normalized spacial score (nSPS) is 20.1. The van der Waals surface area contributed by atoms with E-state index in [1.165, 1.54) is 0 Å². The summed E-state index contributed by atoms with van der Waals surface area (Å²) in [4.78, 5) is 12.3. The quantitative estimate of drug-likeness (QED) is 0.865. The van der Waals surface area contributed by atoms with Gasteiger partial charge in [0.2, 0.25) is 0 Å². The molecule has 0 fully saturated rings. The first kappa shape index (κ1) is 12.7. The Kier molecular flexibility index (Phi) is 3.42. The molecule has 0 radical (unpaired) electrons. The van der Waals surface area contributed by atoms with E-state index in [2.05, 4.69) is 5.32 Å². The van der Waals surface area contributed by atoms with Crippen LogP contribution in [0.1, 0.15) is 30.0 Å². The Morgan fingerprint density at radius 3 is 2.55 bits per heavy atom. The molecule has 2 aromatic carbocycles. The first-order valence-electron chi connectivity index (χ1n) is 6.88. The number of rotatable bonds is 3. The molecule has 20 heavy (non-hydrogen) atoms. The molecule has 0 unspecified atom stereocenters. The van der Waals surface area contributed by atoms with Crippen LogP contribution in [0.15, 0.2) is 54.6 Å². The summed E-state index contributed by atoms with van der Waals surface area (Å²) in [6.45, 7) is 2.24. The standard InChI is InChI=1S/C17H17NO2/c1-2-20-17(19)15-13-10-6-7-11-14(13)18-16(15)12-8-4-3-5-9-12/h3-11,15-16,18H,2H2,1H3/t15-,16-/m1/s1. The van der Waals surface area contributed by atoms with E-state index in [1.807, 2.05) is 61.5 Å². The van der Waals surface area contributed by atoms with Gasteiger partial charge in [0.1, 0.15) is 5.92 Å². The molecule has 3 heteroatoms. The Labute approximate surface area is 118 Å². The molecular weight excluding hydrogens is 250 g/mol. The number of carbonyl (C=O) groups excluding carboxylic acids is 1. The van der Waals surface area contributed by atoms with Crippen molar-refractivity contribution in [2.75, 3.05) is 11.9 Å². The zero-order valence-corrected chi connectivity index (χ0v) is 11.4. The monoisotopic (exact) mass is 267 g/mol. The fourth-order valence-corrected chi connectivity index (χ4v) is 2.76. The van der Waals surface area contributed by atoms with Crippen LogP contribution in [0.4, 0.5) is 5.69 Å². The largest absolute Gasteiger partial charge is 0.465 e. The summed E-state index contributed by atoms with van der Waals surface area (Å²) in [5.74, 6) is -0.452. The van der Waals surface area contributed by atoms with Crippen molar-refractivity contribution in [1.29, 1.82) is 0 Å². The number of fused-ring (bicyclic) bond motifs is 1. The van der Waals surface area contributed by atoms with E-state index in [4.69, 9.17) is 4.74 Å². The van der Waals surface area contributed by atoms with Crippen molar-refractivity contribution in [3.63, 3.8) is 0 Å². The molecule has 1 aliphatic heterocycles. The molecule has 1 aliphatic rings. The van der Waals surface area contributed by atoms with E-state index < -0.39 is 0 Å². The second kappa shape index (κ2) is 5.37. The fourth-order valence-electron chi connectivity index (χ4n) is 2.76. The van der Waals surface area contributed by atoms with Crippen LogP contribution in [0.3, 0.4) is 0 Å². The van der Waals surface area contributed by atoms with E-state index in [9.17, 15) is 4.79 Å². The minimum absolute atomic E-state index is 0.0624. The molecule has 2 aromatic rings. The molecular formula is C17H17NO2. The van der Waals surface area contributed by atoms with Gasteiger partial charge < -0.3 is 10.1 Å². The van der Waals surface area contributed by atoms with Gasteiger partial charge in [-0.25, -0.2) is 0 Å². The third kappa shape index (κ3) is 2.16. The maximum Gasteiger partial charge on any atom is 0.315 e. The summed E-state index contributed by atoms with van der Waals surface area (Å²) in [5.41, 5.74) is 3.13. The fraction of sp³-hybridized carbons (Fsp3) is 0.235. The highest BCUT2D eigenvalue weighted by molar-refractivity contribution is 5.85. The minimum atomic E-state index is -0.284. The van der Waals surface area contributed by atoms with Gasteiger partial charge in [-0.3, -0.25) is 4.79 Å². The average molecular weight is 267 g/mol. The van der Waals surface area contributed by atoms with E-state index >= 15 is 0 Å². The highest BCUT2D eigenvalue weighted by Crippen LogP contribution is 2.44. The van der Waals surface area contributed by atoms with E-state index in [0.29, 0.717) is 6.61 Å². The Bertz CT molecular complexity index is 609. The van der Waals surface area contributed by atoms with Crippen LogP contribution in [0, 0.1) is 0 Å². The average Bonchev–Trinajstić information content (AvgIpc) is 2.88. The summed E-state index contributed by atoms with van der Waals surface area (Å²) in [6.07, 6.45) is 0. The van der Waals surface area contributed by atoms with Gasteiger partial charge in [-0.15, -0.1) is 0 Å². The molecule has 0 saturated carbocycles. The lowest BCUT2D eigenvalue weighted by molar-refractivity contribution is -0.145. The van der Waals surface area contributed by atoms with Crippen LogP contribution >= 0.6 is 0 Å². The second-order valence-electron chi connectivity index (χ2n) is 4.85. The molecule has 0 saturated heterocycles. The number of nitrogens with one attached hydrogen (secondary N) is 1.